The van der Waals surface area contributed by atoms with E-state index in [0.29, 0.717) is 5.41 Å². The van der Waals surface area contributed by atoms with Crippen LogP contribution >= 0.6 is 24.0 Å². The van der Waals surface area contributed by atoms with Crippen LogP contribution in [0.25, 0.3) is 0 Å². The molecule has 3 saturated heterocycles. The number of halogens is 1. The molecule has 0 saturated carbocycles. The number of likely N-dealkylation sites (tertiary alicyclic amines) is 2. The summed E-state index contributed by atoms with van der Waals surface area (Å²) in [6.07, 6.45) is 6.59. The molecule has 3 fully saturated rings. The minimum atomic E-state index is 0. The highest BCUT2D eigenvalue weighted by Gasteiger charge is 2.42. The van der Waals surface area contributed by atoms with Gasteiger partial charge in [-0.2, -0.15) is 0 Å². The maximum Gasteiger partial charge on any atom is 0.193 e. The Morgan fingerprint density at radius 2 is 2.00 bits per heavy atom. The van der Waals surface area contributed by atoms with Crippen molar-refractivity contribution in [2.24, 2.45) is 10.4 Å². The molecule has 1 spiro atoms. The lowest BCUT2D eigenvalue weighted by Crippen LogP contribution is -2.42. The maximum atomic E-state index is 5.64. The zero-order valence-electron chi connectivity index (χ0n) is 14.6. The predicted molar refractivity (Wildman–Crippen MR) is 106 cm³/mol. The topological polar surface area (TPSA) is 40.1 Å². The Bertz CT molecular complexity index is 379. The van der Waals surface area contributed by atoms with E-state index in [1.807, 2.05) is 0 Å². The molecular formula is C17H33IN4O. The summed E-state index contributed by atoms with van der Waals surface area (Å²) in [4.78, 5) is 9.91. The molecule has 1 unspecified atom stereocenters. The molecule has 6 heteroatoms. The Balaban J connectivity index is 0.00000192. The quantitative estimate of drug-likeness (QED) is 0.417. The van der Waals surface area contributed by atoms with Gasteiger partial charge in [0.15, 0.2) is 5.96 Å². The van der Waals surface area contributed by atoms with Crippen molar-refractivity contribution in [3.05, 3.63) is 0 Å². The third-order valence-electron chi connectivity index (χ3n) is 5.38. The summed E-state index contributed by atoms with van der Waals surface area (Å²) >= 11 is 0. The summed E-state index contributed by atoms with van der Waals surface area (Å²) in [5, 5.41) is 3.49. The van der Waals surface area contributed by atoms with Crippen LogP contribution in [0.2, 0.25) is 0 Å². The third kappa shape index (κ3) is 5.19. The van der Waals surface area contributed by atoms with Crippen LogP contribution < -0.4 is 5.32 Å². The van der Waals surface area contributed by atoms with Gasteiger partial charge in [-0.3, -0.25) is 4.99 Å². The van der Waals surface area contributed by atoms with Gasteiger partial charge in [-0.25, -0.2) is 0 Å². The normalized spacial score (nSPS) is 29.1. The highest BCUT2D eigenvalue weighted by Crippen LogP contribution is 2.38. The van der Waals surface area contributed by atoms with Crippen molar-refractivity contribution in [2.45, 2.75) is 39.0 Å². The molecule has 0 aliphatic carbocycles. The van der Waals surface area contributed by atoms with Gasteiger partial charge in [-0.05, 0) is 45.7 Å². The molecule has 0 radical (unpaired) electrons. The number of nitrogens with one attached hydrogen (secondary N) is 1. The molecular weight excluding hydrogens is 403 g/mol. The number of aliphatic imine (C=N–C) groups is 1. The molecule has 0 amide bonds. The number of hydrogen-bond acceptors (Lipinski definition) is 3. The first-order valence-corrected chi connectivity index (χ1v) is 9.15. The van der Waals surface area contributed by atoms with Gasteiger partial charge in [-0.1, -0.05) is 6.42 Å². The Hall–Kier alpha value is -0.0800. The van der Waals surface area contributed by atoms with E-state index >= 15 is 0 Å². The van der Waals surface area contributed by atoms with E-state index in [-0.39, 0.29) is 24.0 Å². The minimum Gasteiger partial charge on any atom is -0.381 e. The van der Waals surface area contributed by atoms with Gasteiger partial charge in [0.05, 0.1) is 13.2 Å². The molecule has 3 heterocycles. The molecule has 0 aromatic rings. The summed E-state index contributed by atoms with van der Waals surface area (Å²) in [5.41, 5.74) is 0.406. The zero-order chi connectivity index (χ0) is 15.3. The van der Waals surface area contributed by atoms with Crippen molar-refractivity contribution in [2.75, 3.05) is 59.0 Å². The van der Waals surface area contributed by atoms with Gasteiger partial charge >= 0.3 is 0 Å². The van der Waals surface area contributed by atoms with Gasteiger partial charge in [-0.15, -0.1) is 24.0 Å². The second-order valence-electron chi connectivity index (χ2n) is 7.11. The van der Waals surface area contributed by atoms with Crippen LogP contribution in [-0.2, 0) is 4.74 Å². The highest BCUT2D eigenvalue weighted by atomic mass is 127. The lowest BCUT2D eigenvalue weighted by Gasteiger charge is -2.27. The van der Waals surface area contributed by atoms with E-state index in [4.69, 9.17) is 9.73 Å². The molecule has 0 bridgehead atoms. The van der Waals surface area contributed by atoms with Crippen LogP contribution in [0.4, 0.5) is 0 Å². The predicted octanol–water partition coefficient (Wildman–Crippen LogP) is 2.17. The number of piperidine rings is 1. The van der Waals surface area contributed by atoms with Gasteiger partial charge in [0, 0.05) is 38.2 Å². The van der Waals surface area contributed by atoms with Crippen LogP contribution in [0, 0.1) is 5.41 Å². The first-order chi connectivity index (χ1) is 10.8. The molecule has 0 aromatic heterocycles. The van der Waals surface area contributed by atoms with Gasteiger partial charge < -0.3 is 19.9 Å². The second kappa shape index (κ2) is 9.42. The van der Waals surface area contributed by atoms with Crippen LogP contribution in [-0.4, -0.2) is 74.8 Å². The van der Waals surface area contributed by atoms with Gasteiger partial charge in [0.1, 0.15) is 0 Å². The third-order valence-corrected chi connectivity index (χ3v) is 5.38. The van der Waals surface area contributed by atoms with Gasteiger partial charge in [0.2, 0.25) is 0 Å². The number of hydrogen-bond donors (Lipinski definition) is 1. The molecule has 0 aromatic carbocycles. The van der Waals surface area contributed by atoms with E-state index in [9.17, 15) is 0 Å². The first kappa shape index (κ1) is 19.2. The second-order valence-corrected chi connectivity index (χ2v) is 7.11. The van der Waals surface area contributed by atoms with Crippen molar-refractivity contribution in [3.63, 3.8) is 0 Å². The zero-order valence-corrected chi connectivity index (χ0v) is 16.9. The molecule has 5 nitrogen and oxygen atoms in total. The van der Waals surface area contributed by atoms with E-state index in [2.05, 4.69) is 22.0 Å². The smallest absolute Gasteiger partial charge is 0.193 e. The van der Waals surface area contributed by atoms with Crippen molar-refractivity contribution >= 4 is 29.9 Å². The Morgan fingerprint density at radius 3 is 2.70 bits per heavy atom. The lowest BCUT2D eigenvalue weighted by atomic mass is 9.87. The fourth-order valence-electron chi connectivity index (χ4n) is 3.99. The fraction of sp³-hybridized carbons (Fsp3) is 0.941. The largest absolute Gasteiger partial charge is 0.381 e. The minimum absolute atomic E-state index is 0. The molecule has 3 aliphatic heterocycles. The van der Waals surface area contributed by atoms with E-state index in [1.165, 1.54) is 45.2 Å². The summed E-state index contributed by atoms with van der Waals surface area (Å²) in [6, 6.07) is 0. The van der Waals surface area contributed by atoms with Crippen LogP contribution in [0.15, 0.2) is 4.99 Å². The number of nitrogens with zero attached hydrogens (tertiary/aromatic N) is 3. The highest BCUT2D eigenvalue weighted by molar-refractivity contribution is 14.0. The van der Waals surface area contributed by atoms with Gasteiger partial charge in [0.25, 0.3) is 0 Å². The summed E-state index contributed by atoms with van der Waals surface area (Å²) in [7, 11) is 0. The lowest BCUT2D eigenvalue weighted by molar-refractivity contribution is 0.156. The SMILES string of the molecule is CCNC(=NCCN1CCCCC1)N1CCC2(CCOC2)C1.I. The van der Waals surface area contributed by atoms with Crippen molar-refractivity contribution in [1.29, 1.82) is 0 Å². The van der Waals surface area contributed by atoms with E-state index < -0.39 is 0 Å². The molecule has 1 atom stereocenters. The van der Waals surface area contributed by atoms with Crippen LogP contribution in [0.5, 0.6) is 0 Å². The number of ether oxygens (including phenoxy) is 1. The Morgan fingerprint density at radius 1 is 1.17 bits per heavy atom. The van der Waals surface area contributed by atoms with Crippen LogP contribution in [0.1, 0.15) is 39.0 Å². The van der Waals surface area contributed by atoms with Crippen molar-refractivity contribution in [1.82, 2.24) is 15.1 Å². The van der Waals surface area contributed by atoms with Crippen molar-refractivity contribution in [3.8, 4) is 0 Å². The Kier molecular flexibility index (Phi) is 7.88. The Labute approximate surface area is 158 Å². The molecule has 23 heavy (non-hydrogen) atoms. The molecule has 134 valence electrons. The monoisotopic (exact) mass is 436 g/mol. The molecule has 1 N–H and O–H groups in total. The number of guanidine groups is 1. The fourth-order valence-corrected chi connectivity index (χ4v) is 3.99. The molecule has 3 aliphatic rings. The van der Waals surface area contributed by atoms with E-state index in [1.54, 1.807) is 0 Å². The average molecular weight is 436 g/mol. The summed E-state index contributed by atoms with van der Waals surface area (Å²) in [6.45, 7) is 11.8. The average Bonchev–Trinajstić information content (AvgIpc) is 3.18. The first-order valence-electron chi connectivity index (χ1n) is 9.15. The van der Waals surface area contributed by atoms with E-state index in [0.717, 1.165) is 51.9 Å². The maximum absolute atomic E-state index is 5.64. The summed E-state index contributed by atoms with van der Waals surface area (Å²) < 4.78 is 5.64. The van der Waals surface area contributed by atoms with Crippen LogP contribution in [0.3, 0.4) is 0 Å². The number of rotatable bonds is 4. The summed E-state index contributed by atoms with van der Waals surface area (Å²) in [5.74, 6) is 1.11. The van der Waals surface area contributed by atoms with Crippen molar-refractivity contribution < 1.29 is 4.74 Å². The standard InChI is InChI=1S/C17H32N4O.HI/c1-2-18-16(19-8-12-20-9-4-3-5-10-20)21-11-6-17(14-21)7-13-22-15-17;/h2-15H2,1H3,(H,18,19);1H. The molecule has 3 rings (SSSR count).